The van der Waals surface area contributed by atoms with E-state index >= 15 is 0 Å². The van der Waals surface area contributed by atoms with Gasteiger partial charge < -0.3 is 4.42 Å². The van der Waals surface area contributed by atoms with Crippen molar-refractivity contribution in [2.45, 2.75) is 24.9 Å². The summed E-state index contributed by atoms with van der Waals surface area (Å²) in [7, 11) is -1.39. The highest BCUT2D eigenvalue weighted by Crippen LogP contribution is 2.33. The van der Waals surface area contributed by atoms with Gasteiger partial charge in [0.1, 0.15) is 11.2 Å². The molecular weight excluding hydrogens is 391 g/mol. The van der Waals surface area contributed by atoms with Crippen LogP contribution >= 0.6 is 0 Å². The molecule has 0 radical (unpaired) electrons. The van der Waals surface area contributed by atoms with Gasteiger partial charge in [0.25, 0.3) is 0 Å². The molecule has 3 aromatic heterocycles. The maximum atomic E-state index is 12.9. The molecule has 9 heteroatoms. The summed E-state index contributed by atoms with van der Waals surface area (Å²) in [6.45, 7) is 7.12. The SMILES string of the molecule is C=C/C=C\c1cc(S(=O)CC)c(-c2nc3cc(C(F)(F)F)cnc3o2)nc1C. The topological polar surface area (TPSA) is 68.9 Å². The molecule has 1 atom stereocenters. The van der Waals surface area contributed by atoms with Crippen LogP contribution in [-0.2, 0) is 17.0 Å². The Balaban J connectivity index is 2.19. The van der Waals surface area contributed by atoms with E-state index in [0.717, 1.165) is 11.6 Å². The van der Waals surface area contributed by atoms with Crippen molar-refractivity contribution in [1.29, 1.82) is 0 Å². The monoisotopic (exact) mass is 407 g/mol. The predicted octanol–water partition coefficient (Wildman–Crippen LogP) is 4.94. The number of aromatic nitrogens is 3. The first-order valence-corrected chi connectivity index (χ1v) is 9.59. The maximum absolute atomic E-state index is 12.9. The van der Waals surface area contributed by atoms with Gasteiger partial charge in [-0.2, -0.15) is 13.2 Å². The lowest BCUT2D eigenvalue weighted by Crippen LogP contribution is -2.05. The zero-order chi connectivity index (χ0) is 20.5. The number of fused-ring (bicyclic) bond motifs is 1. The van der Waals surface area contributed by atoms with E-state index < -0.39 is 22.5 Å². The molecule has 146 valence electrons. The Morgan fingerprint density at radius 1 is 1.29 bits per heavy atom. The van der Waals surface area contributed by atoms with Crippen molar-refractivity contribution < 1.29 is 21.8 Å². The summed E-state index contributed by atoms with van der Waals surface area (Å²) in [6, 6.07) is 2.57. The second-order valence-electron chi connectivity index (χ2n) is 5.80. The quantitative estimate of drug-likeness (QED) is 0.561. The molecule has 5 nitrogen and oxygen atoms in total. The van der Waals surface area contributed by atoms with Crippen LogP contribution in [0.2, 0.25) is 0 Å². The van der Waals surface area contributed by atoms with Crippen molar-refractivity contribution in [1.82, 2.24) is 15.0 Å². The van der Waals surface area contributed by atoms with E-state index in [1.54, 1.807) is 38.1 Å². The lowest BCUT2D eigenvalue weighted by molar-refractivity contribution is -0.137. The summed E-state index contributed by atoms with van der Waals surface area (Å²) in [5.74, 6) is 0.306. The molecule has 28 heavy (non-hydrogen) atoms. The minimum atomic E-state index is -4.54. The number of oxazole rings is 1. The largest absolute Gasteiger partial charge is 0.417 e. The van der Waals surface area contributed by atoms with Gasteiger partial charge in [-0.3, -0.25) is 4.21 Å². The zero-order valence-corrected chi connectivity index (χ0v) is 15.9. The van der Waals surface area contributed by atoms with Gasteiger partial charge in [0.15, 0.2) is 0 Å². The Morgan fingerprint density at radius 3 is 2.68 bits per heavy atom. The Hall–Kier alpha value is -2.81. The minimum Gasteiger partial charge on any atom is -0.416 e. The number of hydrogen-bond donors (Lipinski definition) is 0. The lowest BCUT2D eigenvalue weighted by Gasteiger charge is -2.09. The van der Waals surface area contributed by atoms with Gasteiger partial charge in [-0.05, 0) is 24.6 Å². The Labute approximate surface area is 161 Å². The van der Waals surface area contributed by atoms with Crippen molar-refractivity contribution in [3.63, 3.8) is 0 Å². The highest BCUT2D eigenvalue weighted by Gasteiger charge is 2.32. The number of nitrogens with zero attached hydrogens (tertiary/aromatic N) is 3. The Morgan fingerprint density at radius 2 is 2.04 bits per heavy atom. The summed E-state index contributed by atoms with van der Waals surface area (Å²) >= 11 is 0. The average Bonchev–Trinajstić information content (AvgIpc) is 3.08. The van der Waals surface area contributed by atoms with Crippen LogP contribution in [0, 0.1) is 6.92 Å². The van der Waals surface area contributed by atoms with Crippen LogP contribution in [0.1, 0.15) is 23.7 Å². The normalized spacial score (nSPS) is 13.3. The van der Waals surface area contributed by atoms with E-state index in [1.807, 2.05) is 0 Å². The van der Waals surface area contributed by atoms with E-state index in [4.69, 9.17) is 4.42 Å². The molecule has 0 fully saturated rings. The van der Waals surface area contributed by atoms with Crippen LogP contribution in [0.5, 0.6) is 0 Å². The number of aryl methyl sites for hydroxylation is 1. The van der Waals surface area contributed by atoms with E-state index in [0.29, 0.717) is 22.5 Å². The second kappa shape index (κ2) is 7.67. The first-order valence-electron chi connectivity index (χ1n) is 8.27. The molecule has 0 aliphatic rings. The standard InChI is InChI=1S/C19H16F3N3O2S/c1-4-6-7-12-8-15(28(26)5-2)16(24-11(12)3)18-25-14-9-13(19(20,21)22)10-23-17(14)27-18/h4,6-10H,1,5H2,2-3H3/b7-6-. The van der Waals surface area contributed by atoms with Crippen molar-refractivity contribution >= 4 is 28.1 Å². The average molecular weight is 407 g/mol. The fourth-order valence-electron chi connectivity index (χ4n) is 2.50. The van der Waals surface area contributed by atoms with Crippen molar-refractivity contribution in [3.8, 4) is 11.6 Å². The molecule has 0 aliphatic carbocycles. The highest BCUT2D eigenvalue weighted by atomic mass is 32.2. The van der Waals surface area contributed by atoms with Crippen LogP contribution in [0.15, 0.2) is 46.4 Å². The molecule has 0 spiro atoms. The van der Waals surface area contributed by atoms with Crippen molar-refractivity contribution in [3.05, 3.63) is 53.9 Å². The number of pyridine rings is 2. The van der Waals surface area contributed by atoms with Gasteiger partial charge in [0.05, 0.1) is 21.3 Å². The minimum absolute atomic E-state index is 0.0269. The van der Waals surface area contributed by atoms with Gasteiger partial charge in [-0.15, -0.1) is 0 Å². The molecule has 0 amide bonds. The molecule has 0 N–H and O–H groups in total. The summed E-state index contributed by atoms with van der Waals surface area (Å²) in [5.41, 5.74) is 0.566. The van der Waals surface area contributed by atoms with Gasteiger partial charge >= 0.3 is 6.18 Å². The van der Waals surface area contributed by atoms with E-state index in [2.05, 4.69) is 21.5 Å². The summed E-state index contributed by atoms with van der Waals surface area (Å²) in [4.78, 5) is 12.6. The second-order valence-corrected chi connectivity index (χ2v) is 7.51. The number of halogens is 3. The van der Waals surface area contributed by atoms with Crippen molar-refractivity contribution in [2.75, 3.05) is 5.75 Å². The molecule has 0 bridgehead atoms. The molecule has 0 aliphatic heterocycles. The van der Waals surface area contributed by atoms with Crippen LogP contribution in [0.25, 0.3) is 28.9 Å². The van der Waals surface area contributed by atoms with Gasteiger partial charge in [0, 0.05) is 17.6 Å². The Kier molecular flexibility index (Phi) is 5.46. The van der Waals surface area contributed by atoms with Crippen LogP contribution < -0.4 is 0 Å². The molecule has 0 saturated heterocycles. The molecule has 0 aromatic carbocycles. The first-order chi connectivity index (χ1) is 13.2. The van der Waals surface area contributed by atoms with E-state index in [9.17, 15) is 17.4 Å². The zero-order valence-electron chi connectivity index (χ0n) is 15.1. The van der Waals surface area contributed by atoms with Crippen LogP contribution in [-0.4, -0.2) is 24.9 Å². The summed E-state index contributed by atoms with van der Waals surface area (Å²) in [5, 5.41) is 0. The van der Waals surface area contributed by atoms with E-state index in [-0.39, 0.29) is 22.8 Å². The fraction of sp³-hybridized carbons (Fsp3) is 0.211. The smallest absolute Gasteiger partial charge is 0.416 e. The molecule has 0 saturated carbocycles. The summed E-state index contributed by atoms with van der Waals surface area (Å²) < 4.78 is 56.7. The Bertz CT molecular complexity index is 1100. The number of alkyl halides is 3. The first kappa shape index (κ1) is 19.9. The fourth-order valence-corrected chi connectivity index (χ4v) is 3.42. The third kappa shape index (κ3) is 3.89. The van der Waals surface area contributed by atoms with Crippen molar-refractivity contribution in [2.24, 2.45) is 0 Å². The van der Waals surface area contributed by atoms with Gasteiger partial charge in [0.2, 0.25) is 11.6 Å². The molecule has 1 unspecified atom stereocenters. The van der Waals surface area contributed by atoms with Gasteiger partial charge in [-0.1, -0.05) is 31.7 Å². The molecule has 3 aromatic rings. The number of allylic oxidation sites excluding steroid dienone is 2. The van der Waals surface area contributed by atoms with Crippen LogP contribution in [0.4, 0.5) is 13.2 Å². The molecule has 3 heterocycles. The maximum Gasteiger partial charge on any atom is 0.417 e. The number of rotatable bonds is 5. The lowest BCUT2D eigenvalue weighted by atomic mass is 10.1. The summed E-state index contributed by atoms with van der Waals surface area (Å²) in [6.07, 6.45) is 1.25. The molecular formula is C19H16F3N3O2S. The predicted molar refractivity (Wildman–Crippen MR) is 101 cm³/mol. The van der Waals surface area contributed by atoms with Gasteiger partial charge in [-0.25, -0.2) is 15.0 Å². The third-order valence-electron chi connectivity index (χ3n) is 3.91. The number of hydrogen-bond acceptors (Lipinski definition) is 5. The van der Waals surface area contributed by atoms with E-state index in [1.165, 1.54) is 0 Å². The third-order valence-corrected chi connectivity index (χ3v) is 5.24. The highest BCUT2D eigenvalue weighted by molar-refractivity contribution is 7.85. The molecule has 3 rings (SSSR count). The van der Waals surface area contributed by atoms with Crippen LogP contribution in [0.3, 0.4) is 0 Å².